The first-order valence-electron chi connectivity index (χ1n) is 5.98. The summed E-state index contributed by atoms with van der Waals surface area (Å²) in [5.74, 6) is 0.268. The zero-order valence-corrected chi connectivity index (χ0v) is 11.5. The van der Waals surface area contributed by atoms with Gasteiger partial charge in [-0.05, 0) is 39.0 Å². The maximum atomic E-state index is 10.7. The number of carboxylic acid groups (broad SMARTS) is 1. The van der Waals surface area contributed by atoms with E-state index in [-0.39, 0.29) is 12.4 Å². The van der Waals surface area contributed by atoms with Crippen molar-refractivity contribution in [1.29, 1.82) is 0 Å². The molecule has 1 unspecified atom stereocenters. The minimum absolute atomic E-state index is 0.250. The molecule has 0 aromatic rings. The standard InChI is InChI=1S/C13H22O2.CH2O2/c1-5-13(14)15-10-9-12(4)8-6-7-11(2)3;2-1-3/h5,7,12H,1,6,8-10H2,2-4H3;1H,(H,2,3). The quantitative estimate of drug-likeness (QED) is 0.329. The van der Waals surface area contributed by atoms with Gasteiger partial charge in [-0.25, -0.2) is 4.79 Å². The Balaban J connectivity index is 0. The molecule has 4 nitrogen and oxygen atoms in total. The Labute approximate surface area is 109 Å². The Hall–Kier alpha value is -1.58. The lowest BCUT2D eigenvalue weighted by Crippen LogP contribution is -2.06. The summed E-state index contributed by atoms with van der Waals surface area (Å²) in [6.07, 6.45) is 6.63. The van der Waals surface area contributed by atoms with E-state index in [2.05, 4.69) is 33.4 Å². The summed E-state index contributed by atoms with van der Waals surface area (Å²) in [5, 5.41) is 6.89. The molecule has 0 aromatic carbocycles. The highest BCUT2D eigenvalue weighted by molar-refractivity contribution is 5.81. The minimum atomic E-state index is -0.327. The average Bonchev–Trinajstić information content (AvgIpc) is 2.29. The van der Waals surface area contributed by atoms with Crippen molar-refractivity contribution in [3.05, 3.63) is 24.3 Å². The van der Waals surface area contributed by atoms with Crippen LogP contribution in [-0.4, -0.2) is 24.2 Å². The smallest absolute Gasteiger partial charge is 0.330 e. The van der Waals surface area contributed by atoms with Crippen LogP contribution in [0.3, 0.4) is 0 Å². The molecule has 0 fully saturated rings. The van der Waals surface area contributed by atoms with Crippen LogP contribution in [0.2, 0.25) is 0 Å². The highest BCUT2D eigenvalue weighted by Gasteiger charge is 2.02. The monoisotopic (exact) mass is 256 g/mol. The van der Waals surface area contributed by atoms with Crippen molar-refractivity contribution in [3.8, 4) is 0 Å². The molecule has 0 aliphatic carbocycles. The molecule has 0 spiro atoms. The van der Waals surface area contributed by atoms with E-state index in [1.807, 2.05) is 0 Å². The van der Waals surface area contributed by atoms with Crippen LogP contribution in [0.15, 0.2) is 24.3 Å². The van der Waals surface area contributed by atoms with Crippen LogP contribution in [0.1, 0.15) is 40.0 Å². The highest BCUT2D eigenvalue weighted by Crippen LogP contribution is 2.11. The van der Waals surface area contributed by atoms with Crippen molar-refractivity contribution in [2.75, 3.05) is 6.61 Å². The Morgan fingerprint density at radius 3 is 2.39 bits per heavy atom. The van der Waals surface area contributed by atoms with Gasteiger partial charge in [0.25, 0.3) is 6.47 Å². The molecule has 0 aliphatic heterocycles. The topological polar surface area (TPSA) is 63.6 Å². The Kier molecular flexibility index (Phi) is 14.1. The second-order valence-corrected chi connectivity index (χ2v) is 4.23. The lowest BCUT2D eigenvalue weighted by Gasteiger charge is -2.09. The van der Waals surface area contributed by atoms with Crippen LogP contribution in [-0.2, 0) is 14.3 Å². The predicted molar refractivity (Wildman–Crippen MR) is 72.3 cm³/mol. The first-order valence-corrected chi connectivity index (χ1v) is 5.98. The highest BCUT2D eigenvalue weighted by atomic mass is 16.5. The zero-order chi connectivity index (χ0) is 14.4. The normalized spacial score (nSPS) is 10.4. The van der Waals surface area contributed by atoms with Crippen LogP contribution in [0, 0.1) is 5.92 Å². The van der Waals surface area contributed by atoms with Crippen LogP contribution in [0.4, 0.5) is 0 Å². The fourth-order valence-electron chi connectivity index (χ4n) is 1.22. The van der Waals surface area contributed by atoms with E-state index in [4.69, 9.17) is 14.6 Å². The lowest BCUT2D eigenvalue weighted by molar-refractivity contribution is -0.138. The predicted octanol–water partition coefficient (Wildman–Crippen LogP) is 3.19. The molecular weight excluding hydrogens is 232 g/mol. The Morgan fingerprint density at radius 1 is 1.39 bits per heavy atom. The van der Waals surface area contributed by atoms with Gasteiger partial charge in [0.2, 0.25) is 0 Å². The number of ether oxygens (including phenoxy) is 1. The van der Waals surface area contributed by atoms with E-state index in [0.29, 0.717) is 12.5 Å². The molecule has 0 heterocycles. The number of allylic oxidation sites excluding steroid dienone is 2. The van der Waals surface area contributed by atoms with Crippen molar-refractivity contribution in [2.45, 2.75) is 40.0 Å². The molecule has 1 N–H and O–H groups in total. The van der Waals surface area contributed by atoms with E-state index >= 15 is 0 Å². The van der Waals surface area contributed by atoms with Gasteiger partial charge in [-0.3, -0.25) is 4.79 Å². The van der Waals surface area contributed by atoms with Crippen LogP contribution in [0.5, 0.6) is 0 Å². The fourth-order valence-corrected chi connectivity index (χ4v) is 1.22. The van der Waals surface area contributed by atoms with E-state index in [0.717, 1.165) is 19.3 Å². The number of hydrogen-bond donors (Lipinski definition) is 1. The van der Waals surface area contributed by atoms with Gasteiger partial charge in [-0.1, -0.05) is 25.2 Å². The molecule has 4 heteroatoms. The molecule has 0 aromatic heterocycles. The summed E-state index contributed by atoms with van der Waals surface area (Å²) in [6, 6.07) is 0. The first kappa shape index (κ1) is 18.8. The molecule has 104 valence electrons. The van der Waals surface area contributed by atoms with Crippen molar-refractivity contribution < 1.29 is 19.4 Å². The molecule has 18 heavy (non-hydrogen) atoms. The van der Waals surface area contributed by atoms with E-state index < -0.39 is 0 Å². The molecule has 0 rings (SSSR count). The van der Waals surface area contributed by atoms with Gasteiger partial charge < -0.3 is 9.84 Å². The van der Waals surface area contributed by atoms with Crippen molar-refractivity contribution >= 4 is 12.4 Å². The molecule has 0 amide bonds. The number of rotatable bonds is 7. The third-order valence-corrected chi connectivity index (χ3v) is 2.23. The van der Waals surface area contributed by atoms with E-state index in [9.17, 15) is 4.79 Å². The van der Waals surface area contributed by atoms with Crippen LogP contribution >= 0.6 is 0 Å². The maximum absolute atomic E-state index is 10.7. The molecule has 0 radical (unpaired) electrons. The van der Waals surface area contributed by atoms with Gasteiger partial charge in [-0.2, -0.15) is 0 Å². The molecular formula is C14H24O4. The maximum Gasteiger partial charge on any atom is 0.330 e. The first-order chi connectivity index (χ1) is 8.47. The van der Waals surface area contributed by atoms with E-state index in [1.165, 1.54) is 11.6 Å². The minimum Gasteiger partial charge on any atom is -0.483 e. The van der Waals surface area contributed by atoms with Crippen LogP contribution in [0.25, 0.3) is 0 Å². The van der Waals surface area contributed by atoms with Gasteiger partial charge in [0.15, 0.2) is 0 Å². The average molecular weight is 256 g/mol. The van der Waals surface area contributed by atoms with Crippen molar-refractivity contribution in [3.63, 3.8) is 0 Å². The zero-order valence-electron chi connectivity index (χ0n) is 11.5. The third kappa shape index (κ3) is 16.8. The lowest BCUT2D eigenvalue weighted by atomic mass is 10.0. The largest absolute Gasteiger partial charge is 0.483 e. The Bertz CT molecular complexity index is 265. The van der Waals surface area contributed by atoms with Crippen molar-refractivity contribution in [1.82, 2.24) is 0 Å². The van der Waals surface area contributed by atoms with Crippen molar-refractivity contribution in [2.24, 2.45) is 5.92 Å². The molecule has 1 atom stereocenters. The SMILES string of the molecule is C=CC(=O)OCCC(C)CCC=C(C)C.O=CO. The summed E-state index contributed by atoms with van der Waals surface area (Å²) < 4.78 is 4.92. The van der Waals surface area contributed by atoms with Gasteiger partial charge in [0, 0.05) is 6.08 Å². The second kappa shape index (κ2) is 13.5. The van der Waals surface area contributed by atoms with Gasteiger partial charge >= 0.3 is 5.97 Å². The van der Waals surface area contributed by atoms with Gasteiger partial charge in [0.1, 0.15) is 0 Å². The fraction of sp³-hybridized carbons (Fsp3) is 0.571. The summed E-state index contributed by atoms with van der Waals surface area (Å²) in [7, 11) is 0. The number of hydrogen-bond acceptors (Lipinski definition) is 3. The van der Waals surface area contributed by atoms with E-state index in [1.54, 1.807) is 0 Å². The van der Waals surface area contributed by atoms with Gasteiger partial charge in [0.05, 0.1) is 6.61 Å². The number of carbonyl (C=O) groups excluding carboxylic acids is 1. The van der Waals surface area contributed by atoms with Gasteiger partial charge in [-0.15, -0.1) is 0 Å². The molecule has 0 aliphatic rings. The summed E-state index contributed by atoms with van der Waals surface area (Å²) in [5.41, 5.74) is 1.36. The second-order valence-electron chi connectivity index (χ2n) is 4.23. The molecule has 0 bridgehead atoms. The summed E-state index contributed by atoms with van der Waals surface area (Å²) in [4.78, 5) is 19.1. The number of esters is 1. The number of carbonyl (C=O) groups is 2. The summed E-state index contributed by atoms with van der Waals surface area (Å²) in [6.45, 7) is 9.99. The molecule has 0 saturated carbocycles. The molecule has 0 saturated heterocycles. The summed E-state index contributed by atoms with van der Waals surface area (Å²) >= 11 is 0. The Morgan fingerprint density at radius 2 is 1.94 bits per heavy atom. The third-order valence-electron chi connectivity index (χ3n) is 2.23. The van der Waals surface area contributed by atoms with Crippen LogP contribution < -0.4 is 0 Å².